The van der Waals surface area contributed by atoms with Crippen molar-refractivity contribution in [2.45, 2.75) is 30.5 Å². The maximum Gasteiger partial charge on any atom is 0.294 e. The summed E-state index contributed by atoms with van der Waals surface area (Å²) in [6.07, 6.45) is -1.34. The zero-order valence-corrected chi connectivity index (χ0v) is 22.1. The second-order valence-corrected chi connectivity index (χ2v) is 9.80. The van der Waals surface area contributed by atoms with Crippen LogP contribution >= 0.6 is 11.3 Å². The Morgan fingerprint density at radius 2 is 1.54 bits per heavy atom. The van der Waals surface area contributed by atoms with Crippen LogP contribution in [0.3, 0.4) is 0 Å². The van der Waals surface area contributed by atoms with Crippen LogP contribution in [0.15, 0.2) is 24.3 Å². The number of methoxy groups -OCH3 is 1. The molecule has 41 heavy (non-hydrogen) atoms. The first-order valence-corrected chi connectivity index (χ1v) is 12.1. The number of hydrogen-bond donors (Lipinski definition) is 14. The number of aromatic nitrogens is 1. The fourth-order valence-electron chi connectivity index (χ4n) is 3.76. The quantitative estimate of drug-likeness (QED) is 0.0685. The van der Waals surface area contributed by atoms with E-state index in [4.69, 9.17) is 10.5 Å². The van der Waals surface area contributed by atoms with Crippen LogP contribution in [0.25, 0.3) is 0 Å². The maximum absolute atomic E-state index is 12.4. The van der Waals surface area contributed by atoms with Gasteiger partial charge in [-0.25, -0.2) is 4.98 Å². The number of ether oxygens (including phenoxy) is 1. The first kappa shape index (κ1) is 31.5. The lowest BCUT2D eigenvalue weighted by molar-refractivity contribution is -0.379. The number of aliphatic hydroxyl groups is 6. The number of nitrogen functional groups attached to an aromatic ring is 1. The van der Waals surface area contributed by atoms with E-state index in [1.165, 1.54) is 6.92 Å². The topological polar surface area (TPSA) is 312 Å². The highest BCUT2D eigenvalue weighted by Crippen LogP contribution is 2.49. The molecule has 18 heteroatoms. The Kier molecular flexibility index (Phi) is 8.56. The lowest BCUT2D eigenvalue weighted by atomic mass is 9.98. The number of amides is 1. The molecule has 15 N–H and O–H groups in total. The largest absolute Gasteiger partial charge is 0.504 e. The van der Waals surface area contributed by atoms with Crippen LogP contribution in [0.2, 0.25) is 0 Å². The molecule has 3 aromatic rings. The minimum Gasteiger partial charge on any atom is -0.504 e. The van der Waals surface area contributed by atoms with Crippen LogP contribution in [0.1, 0.15) is 28.5 Å². The molecule has 0 radical (unpaired) electrons. The van der Waals surface area contributed by atoms with Crippen molar-refractivity contribution in [2.24, 2.45) is 0 Å². The zero-order chi connectivity index (χ0) is 31.1. The third-order valence-electron chi connectivity index (χ3n) is 6.13. The molecule has 0 saturated carbocycles. The molecule has 0 aliphatic carbocycles. The Hall–Kier alpha value is -3.98. The van der Waals surface area contributed by atoms with Crippen molar-refractivity contribution in [3.63, 3.8) is 0 Å². The van der Waals surface area contributed by atoms with Crippen molar-refractivity contribution in [1.82, 2.24) is 10.3 Å². The van der Waals surface area contributed by atoms with Gasteiger partial charge in [-0.15, -0.1) is 0 Å². The highest BCUT2D eigenvalue weighted by molar-refractivity contribution is 7.17. The molecule has 2 aromatic carbocycles. The summed E-state index contributed by atoms with van der Waals surface area (Å²) in [4.78, 5) is 15.9. The summed E-state index contributed by atoms with van der Waals surface area (Å²) in [7, 11) is 1.12. The number of phenols is 4. The highest BCUT2D eigenvalue weighted by atomic mass is 32.1. The van der Waals surface area contributed by atoms with E-state index >= 15 is 0 Å². The lowest BCUT2D eigenvalue weighted by Gasteiger charge is -2.36. The van der Waals surface area contributed by atoms with Gasteiger partial charge in [0.1, 0.15) is 0 Å². The molecule has 224 valence electrons. The smallest absolute Gasteiger partial charge is 0.294 e. The van der Waals surface area contributed by atoms with Crippen molar-refractivity contribution in [1.29, 1.82) is 0 Å². The SMILES string of the molecule is COC(CNC(O)(O)C(O)(O)c1ccc(NC(=O)C(O)(O)c2nc(N)sc2O)cc1)c1c(C)c(O)c(O)c(O)c1O. The van der Waals surface area contributed by atoms with Gasteiger partial charge in [-0.2, -0.15) is 0 Å². The van der Waals surface area contributed by atoms with E-state index in [1.807, 2.05) is 5.32 Å². The van der Waals surface area contributed by atoms with Gasteiger partial charge in [0, 0.05) is 36.0 Å². The summed E-state index contributed by atoms with van der Waals surface area (Å²) >= 11 is 0.496. The standard InChI is InChI=1S/C23H28N4O13S/c1-8-12(14(29)16(31)15(30)13(8)28)11(40-2)7-25-23(38,39)22(36,37)9-3-5-10(6-4-9)26-19(33)21(34,35)17-18(32)41-20(24)27-17/h3-6,11,25,28-32,34-39H,7H2,1-2H3,(H2,24,27)(H,26,33). The first-order chi connectivity index (χ1) is 18.9. The van der Waals surface area contributed by atoms with E-state index in [-0.39, 0.29) is 21.9 Å². The van der Waals surface area contributed by atoms with Crippen molar-refractivity contribution in [3.05, 3.63) is 46.6 Å². The maximum atomic E-state index is 12.4. The van der Waals surface area contributed by atoms with Gasteiger partial charge >= 0.3 is 0 Å². The van der Waals surface area contributed by atoms with Gasteiger partial charge in [0.25, 0.3) is 23.4 Å². The van der Waals surface area contributed by atoms with Gasteiger partial charge in [-0.05, 0) is 19.1 Å². The third kappa shape index (κ3) is 5.77. The number of nitrogens with two attached hydrogens (primary N) is 1. The fourth-order valence-corrected chi connectivity index (χ4v) is 4.38. The van der Waals surface area contributed by atoms with Crippen molar-refractivity contribution >= 4 is 28.1 Å². The Labute approximate surface area is 234 Å². The molecule has 17 nitrogen and oxygen atoms in total. The van der Waals surface area contributed by atoms with Crippen LogP contribution in [-0.4, -0.2) is 86.6 Å². The molecule has 0 saturated heterocycles. The van der Waals surface area contributed by atoms with Gasteiger partial charge in [0.2, 0.25) is 16.6 Å². The molecule has 1 heterocycles. The molecule has 0 fully saturated rings. The molecule has 1 atom stereocenters. The Morgan fingerprint density at radius 3 is 2.05 bits per heavy atom. The minimum absolute atomic E-state index is 0.128. The number of carbonyl (C=O) groups excluding carboxylic acids is 1. The average molecular weight is 601 g/mol. The molecular weight excluding hydrogens is 572 g/mol. The molecule has 0 aliphatic rings. The van der Waals surface area contributed by atoms with Gasteiger partial charge in [-0.1, -0.05) is 23.5 Å². The predicted molar refractivity (Wildman–Crippen MR) is 138 cm³/mol. The Morgan fingerprint density at radius 1 is 0.976 bits per heavy atom. The normalized spacial score (nSPS) is 13.3. The molecule has 0 aliphatic heterocycles. The molecule has 1 unspecified atom stereocenters. The number of rotatable bonds is 10. The van der Waals surface area contributed by atoms with Gasteiger partial charge in [0.05, 0.1) is 6.10 Å². The van der Waals surface area contributed by atoms with E-state index in [0.717, 1.165) is 31.4 Å². The van der Waals surface area contributed by atoms with Crippen LogP contribution in [0.4, 0.5) is 10.8 Å². The van der Waals surface area contributed by atoms with Gasteiger partial charge in [-0.3, -0.25) is 10.1 Å². The third-order valence-corrected chi connectivity index (χ3v) is 6.82. The van der Waals surface area contributed by atoms with Gasteiger partial charge < -0.3 is 72.0 Å². The number of nitrogens with zero attached hydrogens (tertiary/aromatic N) is 1. The van der Waals surface area contributed by atoms with E-state index in [9.17, 15) is 61.0 Å². The summed E-state index contributed by atoms with van der Waals surface area (Å²) in [5.74, 6) is -15.4. The Bertz CT molecular complexity index is 1410. The van der Waals surface area contributed by atoms with Crippen molar-refractivity contribution in [2.75, 3.05) is 24.7 Å². The number of nitrogens with one attached hydrogen (secondary N) is 2. The van der Waals surface area contributed by atoms with Crippen molar-refractivity contribution < 1.29 is 65.7 Å². The van der Waals surface area contributed by atoms with Crippen molar-refractivity contribution in [3.8, 4) is 28.1 Å². The second-order valence-electron chi connectivity index (χ2n) is 8.79. The van der Waals surface area contributed by atoms with E-state index < -0.39 is 75.4 Å². The van der Waals surface area contributed by atoms with E-state index in [0.29, 0.717) is 11.3 Å². The molecule has 0 spiro atoms. The highest BCUT2D eigenvalue weighted by Gasteiger charge is 2.49. The number of carbonyl (C=O) groups is 1. The number of phenolic OH excluding ortho intramolecular Hbond substituents is 4. The number of benzene rings is 2. The second kappa shape index (κ2) is 11.1. The van der Waals surface area contributed by atoms with E-state index in [1.54, 1.807) is 0 Å². The minimum atomic E-state index is -3.51. The number of aromatic hydroxyl groups is 5. The monoisotopic (exact) mass is 600 g/mol. The van der Waals surface area contributed by atoms with Gasteiger partial charge in [0.15, 0.2) is 22.3 Å². The van der Waals surface area contributed by atoms with Crippen LogP contribution in [0, 0.1) is 6.92 Å². The van der Waals surface area contributed by atoms with Crippen LogP contribution in [0.5, 0.6) is 28.1 Å². The fraction of sp³-hybridized carbons (Fsp3) is 0.304. The van der Waals surface area contributed by atoms with Crippen LogP contribution < -0.4 is 16.4 Å². The average Bonchev–Trinajstić information content (AvgIpc) is 3.26. The molecule has 3 rings (SSSR count). The summed E-state index contributed by atoms with van der Waals surface area (Å²) in [6, 6.07) is 3.95. The number of thiazole rings is 1. The number of hydrogen-bond acceptors (Lipinski definition) is 17. The lowest BCUT2D eigenvalue weighted by Crippen LogP contribution is -2.62. The molecule has 0 bridgehead atoms. The van der Waals surface area contributed by atoms with Crippen LogP contribution in [-0.2, 0) is 21.1 Å². The summed E-state index contributed by atoms with van der Waals surface area (Å²) in [5, 5.41) is 115. The molecular formula is C23H28N4O13S. The predicted octanol–water partition coefficient (Wildman–Crippen LogP) is -1.91. The van der Waals surface area contributed by atoms with E-state index in [2.05, 4.69) is 10.3 Å². The summed E-state index contributed by atoms with van der Waals surface area (Å²) < 4.78 is 5.16. The molecule has 1 amide bonds. The summed E-state index contributed by atoms with van der Waals surface area (Å²) in [5.41, 5.74) is 3.51. The first-order valence-electron chi connectivity index (χ1n) is 11.3. The number of anilines is 2. The zero-order valence-electron chi connectivity index (χ0n) is 21.3. The Balaban J connectivity index is 1.77. The summed E-state index contributed by atoms with van der Waals surface area (Å²) in [6.45, 7) is 0.595. The molecule has 1 aromatic heterocycles.